The van der Waals surface area contributed by atoms with Crippen LogP contribution in [0.5, 0.6) is 0 Å². The molecule has 21 heavy (non-hydrogen) atoms. The first-order valence-corrected chi connectivity index (χ1v) is 7.08. The molecule has 0 radical (unpaired) electrons. The van der Waals surface area contributed by atoms with Crippen LogP contribution in [0.3, 0.4) is 0 Å². The smallest absolute Gasteiger partial charge is 0.269 e. The van der Waals surface area contributed by atoms with E-state index >= 15 is 0 Å². The van der Waals surface area contributed by atoms with E-state index in [2.05, 4.69) is 21.2 Å². The normalized spacial score (nSPS) is 10.1. The number of nitro groups is 1. The van der Waals surface area contributed by atoms with Gasteiger partial charge < -0.3 is 5.32 Å². The molecular formula is C15H13BrN2O3. The zero-order valence-corrected chi connectivity index (χ0v) is 12.7. The van der Waals surface area contributed by atoms with Crippen LogP contribution in [0.2, 0.25) is 0 Å². The Morgan fingerprint density at radius 1 is 1.14 bits per heavy atom. The number of nitro benzene ring substituents is 1. The largest absolute Gasteiger partial charge is 0.352 e. The molecule has 108 valence electrons. The zero-order chi connectivity index (χ0) is 15.2. The van der Waals surface area contributed by atoms with Crippen LogP contribution in [-0.4, -0.2) is 10.8 Å². The third-order valence-corrected chi connectivity index (χ3v) is 3.42. The summed E-state index contributed by atoms with van der Waals surface area (Å²) in [5, 5.41) is 13.5. The standard InChI is InChI=1S/C15H13BrN2O3/c16-13-6-4-11(5-7-13)10-17-15(19)9-12-2-1-3-14(8-12)18(20)21/h1-8H,9-10H2,(H,17,19). The number of halogens is 1. The second kappa shape index (κ2) is 6.99. The van der Waals surface area contributed by atoms with Crippen molar-refractivity contribution < 1.29 is 9.72 Å². The molecule has 0 heterocycles. The van der Waals surface area contributed by atoms with Gasteiger partial charge in [0, 0.05) is 23.2 Å². The summed E-state index contributed by atoms with van der Waals surface area (Å²) in [4.78, 5) is 22.1. The molecule has 2 aromatic rings. The van der Waals surface area contributed by atoms with Gasteiger partial charge in [-0.3, -0.25) is 14.9 Å². The van der Waals surface area contributed by atoms with E-state index in [0.29, 0.717) is 12.1 Å². The fraction of sp³-hybridized carbons (Fsp3) is 0.133. The van der Waals surface area contributed by atoms with Crippen molar-refractivity contribution in [2.45, 2.75) is 13.0 Å². The van der Waals surface area contributed by atoms with E-state index in [4.69, 9.17) is 0 Å². The summed E-state index contributed by atoms with van der Waals surface area (Å²) in [6.45, 7) is 0.432. The molecule has 0 aromatic heterocycles. The molecule has 0 atom stereocenters. The number of carbonyl (C=O) groups is 1. The number of nitrogens with zero attached hydrogens (tertiary/aromatic N) is 1. The van der Waals surface area contributed by atoms with Crippen LogP contribution in [0.25, 0.3) is 0 Å². The van der Waals surface area contributed by atoms with Gasteiger partial charge in [-0.2, -0.15) is 0 Å². The summed E-state index contributed by atoms with van der Waals surface area (Å²) in [5.74, 6) is -0.168. The second-order valence-electron chi connectivity index (χ2n) is 4.51. The molecule has 2 aromatic carbocycles. The number of rotatable bonds is 5. The van der Waals surface area contributed by atoms with Crippen molar-refractivity contribution in [3.05, 3.63) is 74.2 Å². The first-order chi connectivity index (χ1) is 10.0. The predicted octanol–water partition coefficient (Wildman–Crippen LogP) is 3.22. The van der Waals surface area contributed by atoms with Crippen molar-refractivity contribution in [2.75, 3.05) is 0 Å². The van der Waals surface area contributed by atoms with Crippen LogP contribution in [0.1, 0.15) is 11.1 Å². The number of hydrogen-bond acceptors (Lipinski definition) is 3. The van der Waals surface area contributed by atoms with Crippen LogP contribution < -0.4 is 5.32 Å². The first-order valence-electron chi connectivity index (χ1n) is 6.29. The van der Waals surface area contributed by atoms with Gasteiger partial charge in [0.2, 0.25) is 5.91 Å². The average molecular weight is 349 g/mol. The molecule has 0 aliphatic carbocycles. The number of nitrogens with one attached hydrogen (secondary N) is 1. The molecule has 2 rings (SSSR count). The maximum absolute atomic E-state index is 11.8. The number of non-ortho nitro benzene ring substituents is 1. The van der Waals surface area contributed by atoms with Crippen molar-refractivity contribution in [1.29, 1.82) is 0 Å². The fourth-order valence-corrected chi connectivity index (χ4v) is 2.10. The van der Waals surface area contributed by atoms with Crippen LogP contribution >= 0.6 is 15.9 Å². The van der Waals surface area contributed by atoms with E-state index in [-0.39, 0.29) is 18.0 Å². The summed E-state index contributed by atoms with van der Waals surface area (Å²) in [6.07, 6.45) is 0.123. The van der Waals surface area contributed by atoms with E-state index in [0.717, 1.165) is 10.0 Å². The van der Waals surface area contributed by atoms with Crippen molar-refractivity contribution in [3.8, 4) is 0 Å². The highest BCUT2D eigenvalue weighted by Crippen LogP contribution is 2.14. The van der Waals surface area contributed by atoms with Gasteiger partial charge in [-0.25, -0.2) is 0 Å². The SMILES string of the molecule is O=C(Cc1cccc([N+](=O)[O-])c1)NCc1ccc(Br)cc1. The Kier molecular flexibility index (Phi) is 5.05. The molecule has 0 bridgehead atoms. The van der Waals surface area contributed by atoms with Crippen molar-refractivity contribution in [2.24, 2.45) is 0 Å². The summed E-state index contributed by atoms with van der Waals surface area (Å²) in [5.41, 5.74) is 1.61. The third-order valence-electron chi connectivity index (χ3n) is 2.89. The topological polar surface area (TPSA) is 72.2 Å². The minimum absolute atomic E-state index is 0.00629. The molecule has 6 heteroatoms. The first kappa shape index (κ1) is 15.2. The van der Waals surface area contributed by atoms with Gasteiger partial charge in [0.25, 0.3) is 5.69 Å². The Morgan fingerprint density at radius 2 is 1.86 bits per heavy atom. The van der Waals surface area contributed by atoms with Crippen molar-refractivity contribution in [1.82, 2.24) is 5.32 Å². The van der Waals surface area contributed by atoms with E-state index in [1.807, 2.05) is 24.3 Å². The molecular weight excluding hydrogens is 336 g/mol. The maximum atomic E-state index is 11.8. The van der Waals surface area contributed by atoms with Gasteiger partial charge in [-0.05, 0) is 23.3 Å². The highest BCUT2D eigenvalue weighted by molar-refractivity contribution is 9.10. The van der Waals surface area contributed by atoms with E-state index in [1.165, 1.54) is 12.1 Å². The lowest BCUT2D eigenvalue weighted by atomic mass is 10.1. The Hall–Kier alpha value is -2.21. The minimum Gasteiger partial charge on any atom is -0.352 e. The summed E-state index contributed by atoms with van der Waals surface area (Å²) in [6, 6.07) is 13.7. The lowest BCUT2D eigenvalue weighted by molar-refractivity contribution is -0.384. The minimum atomic E-state index is -0.469. The van der Waals surface area contributed by atoms with E-state index < -0.39 is 4.92 Å². The molecule has 0 aliphatic rings. The molecule has 0 aliphatic heterocycles. The van der Waals surface area contributed by atoms with Crippen LogP contribution in [0, 0.1) is 10.1 Å². The molecule has 0 saturated heterocycles. The highest BCUT2D eigenvalue weighted by Gasteiger charge is 2.08. The summed E-state index contributed by atoms with van der Waals surface area (Å²) in [7, 11) is 0. The number of benzene rings is 2. The predicted molar refractivity (Wildman–Crippen MR) is 82.8 cm³/mol. The maximum Gasteiger partial charge on any atom is 0.269 e. The van der Waals surface area contributed by atoms with Crippen LogP contribution in [0.15, 0.2) is 53.0 Å². The Labute approximate surface area is 130 Å². The number of carbonyl (C=O) groups excluding carboxylic acids is 1. The van der Waals surface area contributed by atoms with Gasteiger partial charge in [-0.15, -0.1) is 0 Å². The molecule has 5 nitrogen and oxygen atoms in total. The number of amides is 1. The van der Waals surface area contributed by atoms with E-state index in [9.17, 15) is 14.9 Å². The van der Waals surface area contributed by atoms with Gasteiger partial charge in [0.1, 0.15) is 0 Å². The second-order valence-corrected chi connectivity index (χ2v) is 5.42. The molecule has 0 unspecified atom stereocenters. The van der Waals surface area contributed by atoms with Crippen molar-refractivity contribution >= 4 is 27.5 Å². The van der Waals surface area contributed by atoms with Gasteiger partial charge in [0.05, 0.1) is 11.3 Å². The summed E-state index contributed by atoms with van der Waals surface area (Å²) < 4.78 is 0.981. The van der Waals surface area contributed by atoms with Crippen LogP contribution in [0.4, 0.5) is 5.69 Å². The van der Waals surface area contributed by atoms with Gasteiger partial charge >= 0.3 is 0 Å². The van der Waals surface area contributed by atoms with E-state index in [1.54, 1.807) is 12.1 Å². The highest BCUT2D eigenvalue weighted by atomic mass is 79.9. The Bertz CT molecular complexity index is 656. The molecule has 1 N–H and O–H groups in total. The lowest BCUT2D eigenvalue weighted by Gasteiger charge is -2.06. The molecule has 1 amide bonds. The number of hydrogen-bond donors (Lipinski definition) is 1. The average Bonchev–Trinajstić information content (AvgIpc) is 2.47. The quantitative estimate of drug-likeness (QED) is 0.665. The van der Waals surface area contributed by atoms with Crippen molar-refractivity contribution in [3.63, 3.8) is 0 Å². The van der Waals surface area contributed by atoms with Gasteiger partial charge in [-0.1, -0.05) is 40.2 Å². The molecule has 0 spiro atoms. The summed E-state index contributed by atoms with van der Waals surface area (Å²) >= 11 is 3.35. The third kappa shape index (κ3) is 4.68. The zero-order valence-electron chi connectivity index (χ0n) is 11.1. The lowest BCUT2D eigenvalue weighted by Crippen LogP contribution is -2.24. The Morgan fingerprint density at radius 3 is 2.52 bits per heavy atom. The van der Waals surface area contributed by atoms with Gasteiger partial charge in [0.15, 0.2) is 0 Å². The Balaban J connectivity index is 1.91. The fourth-order valence-electron chi connectivity index (χ4n) is 1.83. The molecule has 0 saturated carbocycles. The van der Waals surface area contributed by atoms with Crippen LogP contribution in [-0.2, 0) is 17.8 Å². The monoisotopic (exact) mass is 348 g/mol. The molecule has 0 fully saturated rings.